The Morgan fingerprint density at radius 3 is 2.57 bits per heavy atom. The predicted molar refractivity (Wildman–Crippen MR) is 90.0 cm³/mol. The largest absolute Gasteiger partial charge is 0.392 e. The van der Waals surface area contributed by atoms with Crippen LogP contribution in [0.4, 0.5) is 11.4 Å². The van der Waals surface area contributed by atoms with Crippen LogP contribution in [0.15, 0.2) is 46.6 Å². The molecule has 114 valence electrons. The van der Waals surface area contributed by atoms with Crippen molar-refractivity contribution in [3.63, 3.8) is 0 Å². The van der Waals surface area contributed by atoms with Gasteiger partial charge in [0.25, 0.3) is 5.91 Å². The minimum Gasteiger partial charge on any atom is -0.392 e. The van der Waals surface area contributed by atoms with E-state index in [0.29, 0.717) is 33.6 Å². The summed E-state index contributed by atoms with van der Waals surface area (Å²) in [5.41, 5.74) is 3.77. The predicted octanol–water partition coefficient (Wildman–Crippen LogP) is 2.91. The van der Waals surface area contributed by atoms with Crippen LogP contribution in [0, 0.1) is 0 Å². The number of fused-ring (bicyclic) bond motifs is 2. The van der Waals surface area contributed by atoms with Gasteiger partial charge in [-0.05, 0) is 29.8 Å². The average Bonchev–Trinajstić information content (AvgIpc) is 3.03. The molecule has 0 aromatic heterocycles. The fourth-order valence-electron chi connectivity index (χ4n) is 2.88. The zero-order valence-corrected chi connectivity index (χ0v) is 13.4. The minimum absolute atomic E-state index is 0.135. The number of nitrogens with one attached hydrogen (secondary N) is 2. The monoisotopic (exact) mass is 370 g/mol. The molecule has 0 saturated heterocycles. The van der Waals surface area contributed by atoms with Crippen molar-refractivity contribution in [1.82, 2.24) is 0 Å². The fourth-order valence-corrected chi connectivity index (χ4v) is 3.24. The number of halogens is 1. The fraction of sp³-hybridized carbons (Fsp3) is 0.0588. The van der Waals surface area contributed by atoms with Crippen LogP contribution >= 0.6 is 15.9 Å². The third-order valence-electron chi connectivity index (χ3n) is 3.97. The van der Waals surface area contributed by atoms with Crippen molar-refractivity contribution < 1.29 is 14.7 Å². The number of aliphatic hydroxyl groups is 1. The highest BCUT2D eigenvalue weighted by molar-refractivity contribution is 9.10. The number of Topliss-reactive ketones (excluding diaryl/α,β-unsaturated/α-hetero) is 1. The Morgan fingerprint density at radius 2 is 1.78 bits per heavy atom. The number of rotatable bonds is 1. The second-order valence-corrected chi connectivity index (χ2v) is 6.30. The van der Waals surface area contributed by atoms with Gasteiger partial charge < -0.3 is 15.7 Å². The van der Waals surface area contributed by atoms with Gasteiger partial charge in [0, 0.05) is 21.3 Å². The third kappa shape index (κ3) is 2.10. The first kappa shape index (κ1) is 14.2. The summed E-state index contributed by atoms with van der Waals surface area (Å²) in [6.07, 6.45) is 0. The zero-order valence-electron chi connectivity index (χ0n) is 11.8. The van der Waals surface area contributed by atoms with Gasteiger partial charge in [-0.25, -0.2) is 0 Å². The standard InChI is InChI=1S/C17H11BrN2O3/c18-9-2-3-10-13(6-9)20-17(23)14(10)15-16(22)11-5-8(7-21)1-4-12(11)19-15/h1-6,19,21H,7H2,(H,20,23)/b15-14-. The molecule has 0 fully saturated rings. The van der Waals surface area contributed by atoms with Crippen molar-refractivity contribution in [3.05, 3.63) is 63.3 Å². The highest BCUT2D eigenvalue weighted by Crippen LogP contribution is 2.39. The van der Waals surface area contributed by atoms with Gasteiger partial charge in [0.15, 0.2) is 0 Å². The molecule has 3 N–H and O–H groups in total. The Kier molecular flexibility index (Phi) is 3.11. The van der Waals surface area contributed by atoms with Crippen molar-refractivity contribution in [2.24, 2.45) is 0 Å². The van der Waals surface area contributed by atoms with E-state index >= 15 is 0 Å². The number of hydrogen-bond donors (Lipinski definition) is 3. The molecule has 2 aromatic carbocycles. The van der Waals surface area contributed by atoms with Gasteiger partial charge in [0.2, 0.25) is 5.78 Å². The van der Waals surface area contributed by atoms with Crippen LogP contribution in [-0.2, 0) is 11.4 Å². The molecular formula is C17H11BrN2O3. The third-order valence-corrected chi connectivity index (χ3v) is 4.47. The summed E-state index contributed by atoms with van der Waals surface area (Å²) in [7, 11) is 0. The summed E-state index contributed by atoms with van der Waals surface area (Å²) in [5.74, 6) is -0.541. The smallest absolute Gasteiger partial charge is 0.258 e. The van der Waals surface area contributed by atoms with Crippen molar-refractivity contribution in [3.8, 4) is 0 Å². The van der Waals surface area contributed by atoms with Gasteiger partial charge in [0.05, 0.1) is 17.9 Å². The van der Waals surface area contributed by atoms with Crippen LogP contribution in [0.1, 0.15) is 21.5 Å². The highest BCUT2D eigenvalue weighted by Gasteiger charge is 2.35. The number of hydrogen-bond acceptors (Lipinski definition) is 4. The first-order chi connectivity index (χ1) is 11.1. The second kappa shape index (κ2) is 5.04. The SMILES string of the molecule is O=C1Nc2cc(Br)ccc2/C1=C1/Nc2ccc(CO)cc2C1=O. The lowest BCUT2D eigenvalue weighted by Crippen LogP contribution is -2.11. The molecule has 0 aliphatic carbocycles. The van der Waals surface area contributed by atoms with Crippen molar-refractivity contribution in [2.75, 3.05) is 10.6 Å². The number of carbonyl (C=O) groups is 2. The van der Waals surface area contributed by atoms with E-state index in [-0.39, 0.29) is 24.0 Å². The number of anilines is 2. The molecule has 5 nitrogen and oxygen atoms in total. The molecule has 0 unspecified atom stereocenters. The van der Waals surface area contributed by atoms with Gasteiger partial charge in [-0.3, -0.25) is 9.59 Å². The Morgan fingerprint density at radius 1 is 0.957 bits per heavy atom. The van der Waals surface area contributed by atoms with E-state index in [0.717, 1.165) is 4.47 Å². The quantitative estimate of drug-likeness (QED) is 0.674. The number of ketones is 1. The molecule has 6 heteroatoms. The van der Waals surface area contributed by atoms with Crippen LogP contribution in [0.25, 0.3) is 5.57 Å². The molecule has 2 aliphatic rings. The molecule has 0 atom stereocenters. The first-order valence-electron chi connectivity index (χ1n) is 6.99. The lowest BCUT2D eigenvalue weighted by Gasteiger charge is -2.03. The number of amides is 1. The summed E-state index contributed by atoms with van der Waals surface area (Å²) >= 11 is 3.37. The molecule has 2 heterocycles. The summed E-state index contributed by atoms with van der Waals surface area (Å²) in [6.45, 7) is -0.135. The molecule has 2 aliphatic heterocycles. The molecule has 0 radical (unpaired) electrons. The number of carbonyl (C=O) groups excluding carboxylic acids is 2. The number of allylic oxidation sites excluding steroid dienone is 1. The van der Waals surface area contributed by atoms with Gasteiger partial charge in [-0.2, -0.15) is 0 Å². The lowest BCUT2D eigenvalue weighted by atomic mass is 10.0. The Labute approximate surface area is 140 Å². The first-order valence-corrected chi connectivity index (χ1v) is 7.79. The average molecular weight is 371 g/mol. The van der Waals surface area contributed by atoms with E-state index in [1.54, 1.807) is 30.3 Å². The maximum Gasteiger partial charge on any atom is 0.258 e. The Balaban J connectivity index is 1.87. The van der Waals surface area contributed by atoms with Gasteiger partial charge >= 0.3 is 0 Å². The van der Waals surface area contributed by atoms with Crippen molar-refractivity contribution in [1.29, 1.82) is 0 Å². The minimum atomic E-state index is -0.302. The molecule has 4 rings (SSSR count). The second-order valence-electron chi connectivity index (χ2n) is 5.39. The Hall–Kier alpha value is -2.44. The number of benzene rings is 2. The Bertz CT molecular complexity index is 918. The summed E-state index contributed by atoms with van der Waals surface area (Å²) < 4.78 is 0.851. The van der Waals surface area contributed by atoms with Crippen LogP contribution in [0.3, 0.4) is 0 Å². The summed E-state index contributed by atoms with van der Waals surface area (Å²) in [6, 6.07) is 10.6. The van der Waals surface area contributed by atoms with Gasteiger partial charge in [0.1, 0.15) is 5.70 Å². The molecule has 1 amide bonds. The molecule has 0 spiro atoms. The van der Waals surface area contributed by atoms with Crippen molar-refractivity contribution in [2.45, 2.75) is 6.61 Å². The molecule has 0 bridgehead atoms. The van der Waals surface area contributed by atoms with Gasteiger partial charge in [-0.1, -0.05) is 28.1 Å². The molecular weight excluding hydrogens is 360 g/mol. The maximum absolute atomic E-state index is 12.7. The van der Waals surface area contributed by atoms with E-state index in [9.17, 15) is 14.7 Å². The lowest BCUT2D eigenvalue weighted by molar-refractivity contribution is -0.110. The van der Waals surface area contributed by atoms with E-state index in [1.807, 2.05) is 6.07 Å². The highest BCUT2D eigenvalue weighted by atomic mass is 79.9. The summed E-state index contributed by atoms with van der Waals surface area (Å²) in [4.78, 5) is 25.0. The topological polar surface area (TPSA) is 78.4 Å². The molecule has 2 aromatic rings. The van der Waals surface area contributed by atoms with E-state index in [2.05, 4.69) is 26.6 Å². The summed E-state index contributed by atoms with van der Waals surface area (Å²) in [5, 5.41) is 15.0. The van der Waals surface area contributed by atoms with Crippen LogP contribution in [-0.4, -0.2) is 16.8 Å². The maximum atomic E-state index is 12.7. The van der Waals surface area contributed by atoms with E-state index in [1.165, 1.54) is 0 Å². The van der Waals surface area contributed by atoms with Crippen LogP contribution < -0.4 is 10.6 Å². The van der Waals surface area contributed by atoms with E-state index < -0.39 is 0 Å². The van der Waals surface area contributed by atoms with Gasteiger partial charge in [-0.15, -0.1) is 0 Å². The van der Waals surface area contributed by atoms with Crippen LogP contribution in [0.2, 0.25) is 0 Å². The van der Waals surface area contributed by atoms with Crippen molar-refractivity contribution >= 4 is 44.6 Å². The van der Waals surface area contributed by atoms with Crippen LogP contribution in [0.5, 0.6) is 0 Å². The normalized spacial score (nSPS) is 18.5. The van der Waals surface area contributed by atoms with E-state index in [4.69, 9.17) is 0 Å². The number of aliphatic hydroxyl groups excluding tert-OH is 1. The molecule has 23 heavy (non-hydrogen) atoms. The zero-order chi connectivity index (χ0) is 16.1. The molecule has 0 saturated carbocycles.